The Kier molecular flexibility index (Phi) is 7.87. The van der Waals surface area contributed by atoms with Gasteiger partial charge in [-0.1, -0.05) is 36.3 Å². The number of terminal acetylenes is 1. The Hall–Kier alpha value is -3.62. The number of carbonyl (C=O) groups excluding carboxylic acids is 3. The van der Waals surface area contributed by atoms with Gasteiger partial charge < -0.3 is 25.0 Å². The highest BCUT2D eigenvalue weighted by Crippen LogP contribution is 2.27. The first-order valence-electron chi connectivity index (χ1n) is 10.5. The quantitative estimate of drug-likeness (QED) is 0.400. The molecule has 1 aromatic carbocycles. The number of fused-ring (bicyclic) bond motifs is 1. The van der Waals surface area contributed by atoms with Crippen LogP contribution in [0.25, 0.3) is 0 Å². The fourth-order valence-electron chi connectivity index (χ4n) is 4.03. The molecular weight excluding hydrogens is 430 g/mol. The number of nitrogens with zero attached hydrogens (tertiary/aromatic N) is 4. The Morgan fingerprint density at radius 2 is 2.00 bits per heavy atom. The maximum absolute atomic E-state index is 13.1. The summed E-state index contributed by atoms with van der Waals surface area (Å²) in [4.78, 5) is 53.1. The van der Waals surface area contributed by atoms with Gasteiger partial charge in [0.1, 0.15) is 18.8 Å². The third-order valence-corrected chi connectivity index (χ3v) is 5.49. The van der Waals surface area contributed by atoms with Crippen LogP contribution in [0.15, 0.2) is 30.3 Å². The summed E-state index contributed by atoms with van der Waals surface area (Å²) >= 11 is 0. The van der Waals surface area contributed by atoms with Crippen LogP contribution >= 0.6 is 0 Å². The van der Waals surface area contributed by atoms with Gasteiger partial charge in [-0.05, 0) is 5.56 Å². The van der Waals surface area contributed by atoms with Gasteiger partial charge in [0.2, 0.25) is 11.8 Å². The van der Waals surface area contributed by atoms with E-state index in [0.717, 1.165) is 5.56 Å². The molecule has 0 bridgehead atoms. The van der Waals surface area contributed by atoms with E-state index in [9.17, 15) is 24.3 Å². The third kappa shape index (κ3) is 5.60. The predicted octanol–water partition coefficient (Wildman–Crippen LogP) is -0.451. The summed E-state index contributed by atoms with van der Waals surface area (Å²) < 4.78 is 5.26. The number of amides is 4. The SMILES string of the molecule is C#CCOCCN1C[C@H]2N(C(=O)CN(C)N2C(=O)NCc2ccccc2)[C@@H](CC(=O)O)C1=O. The molecule has 2 saturated heterocycles. The lowest BCUT2D eigenvalue weighted by molar-refractivity contribution is -0.188. The summed E-state index contributed by atoms with van der Waals surface area (Å²) in [6.07, 6.45) is 3.75. The van der Waals surface area contributed by atoms with Crippen LogP contribution in [0.4, 0.5) is 4.79 Å². The molecule has 0 aliphatic carbocycles. The molecule has 0 unspecified atom stereocenters. The minimum atomic E-state index is -1.22. The van der Waals surface area contributed by atoms with Gasteiger partial charge in [-0.15, -0.1) is 6.42 Å². The molecule has 1 aromatic rings. The number of piperazine rings is 1. The molecule has 2 fully saturated rings. The van der Waals surface area contributed by atoms with Crippen molar-refractivity contribution in [1.29, 1.82) is 0 Å². The number of carboxylic acid groups (broad SMARTS) is 1. The number of benzene rings is 1. The van der Waals surface area contributed by atoms with Gasteiger partial charge in [-0.3, -0.25) is 14.4 Å². The minimum absolute atomic E-state index is 0.0171. The predicted molar refractivity (Wildman–Crippen MR) is 116 cm³/mol. The normalized spacial score (nSPS) is 20.9. The van der Waals surface area contributed by atoms with E-state index < -0.39 is 42.4 Å². The van der Waals surface area contributed by atoms with Crippen molar-refractivity contribution in [3.05, 3.63) is 35.9 Å². The Labute approximate surface area is 191 Å². The van der Waals surface area contributed by atoms with E-state index >= 15 is 0 Å². The second-order valence-electron chi connectivity index (χ2n) is 7.74. The fraction of sp³-hybridized carbons (Fsp3) is 0.455. The fourth-order valence-corrected chi connectivity index (χ4v) is 4.03. The van der Waals surface area contributed by atoms with Gasteiger partial charge in [0.05, 0.1) is 26.1 Å². The summed E-state index contributed by atoms with van der Waals surface area (Å²) in [7, 11) is 1.60. The van der Waals surface area contributed by atoms with Gasteiger partial charge >= 0.3 is 12.0 Å². The summed E-state index contributed by atoms with van der Waals surface area (Å²) in [5.41, 5.74) is 0.897. The molecule has 0 aromatic heterocycles. The van der Waals surface area contributed by atoms with E-state index in [-0.39, 0.29) is 39.4 Å². The molecule has 0 spiro atoms. The van der Waals surface area contributed by atoms with Gasteiger partial charge in [-0.25, -0.2) is 14.8 Å². The van der Waals surface area contributed by atoms with Crippen LogP contribution in [-0.2, 0) is 25.7 Å². The number of hydrazine groups is 1. The maximum atomic E-state index is 13.1. The van der Waals surface area contributed by atoms with Crippen molar-refractivity contribution in [2.75, 3.05) is 39.9 Å². The molecule has 2 aliphatic rings. The zero-order valence-corrected chi connectivity index (χ0v) is 18.3. The number of urea groups is 1. The number of aliphatic carboxylic acids is 1. The average molecular weight is 457 g/mol. The van der Waals surface area contributed by atoms with E-state index in [1.54, 1.807) is 7.05 Å². The molecule has 0 saturated carbocycles. The molecular formula is C22H27N5O6. The zero-order valence-electron chi connectivity index (χ0n) is 18.3. The largest absolute Gasteiger partial charge is 0.481 e. The summed E-state index contributed by atoms with van der Waals surface area (Å²) in [5.74, 6) is 0.197. The average Bonchev–Trinajstić information content (AvgIpc) is 2.78. The smallest absolute Gasteiger partial charge is 0.334 e. The van der Waals surface area contributed by atoms with Gasteiger partial charge in [-0.2, -0.15) is 0 Å². The molecule has 176 valence electrons. The van der Waals surface area contributed by atoms with Crippen molar-refractivity contribution in [3.8, 4) is 12.3 Å². The second kappa shape index (κ2) is 10.8. The van der Waals surface area contributed by atoms with Crippen molar-refractivity contribution in [1.82, 2.24) is 25.1 Å². The number of rotatable bonds is 8. The highest BCUT2D eigenvalue weighted by Gasteiger charge is 2.51. The van der Waals surface area contributed by atoms with Crippen LogP contribution in [0.2, 0.25) is 0 Å². The lowest BCUT2D eigenvalue weighted by Crippen LogP contribution is -2.76. The number of ether oxygens (including phenoxy) is 1. The molecule has 2 heterocycles. The Bertz CT molecular complexity index is 933. The standard InChI is InChI=1S/C22H27N5O6/c1-3-10-33-11-9-25-14-18-26(17(21(25)31)12-20(29)30)19(28)15-24(2)27(18)22(32)23-13-16-7-5-4-6-8-16/h1,4-8,17-18H,9-15H2,2H3,(H,23,32)(H,29,30)/t17-,18-/m0/s1. The molecule has 2 atom stereocenters. The van der Waals surface area contributed by atoms with Crippen LogP contribution in [0.1, 0.15) is 12.0 Å². The van der Waals surface area contributed by atoms with E-state index in [1.807, 2.05) is 30.3 Å². The summed E-state index contributed by atoms with van der Waals surface area (Å²) in [6.45, 7) is 0.495. The van der Waals surface area contributed by atoms with Gasteiger partial charge in [0.25, 0.3) is 0 Å². The first-order chi connectivity index (χ1) is 15.8. The molecule has 11 heteroatoms. The van der Waals surface area contributed by atoms with Crippen LogP contribution in [0.3, 0.4) is 0 Å². The monoisotopic (exact) mass is 457 g/mol. The Morgan fingerprint density at radius 1 is 1.27 bits per heavy atom. The third-order valence-electron chi connectivity index (χ3n) is 5.49. The number of hydrogen-bond donors (Lipinski definition) is 2. The molecule has 0 radical (unpaired) electrons. The van der Waals surface area contributed by atoms with Crippen LogP contribution in [-0.4, -0.2) is 101 Å². The lowest BCUT2D eigenvalue weighted by atomic mass is 10.0. The summed E-state index contributed by atoms with van der Waals surface area (Å²) in [6, 6.07) is 7.65. The van der Waals surface area contributed by atoms with E-state index in [2.05, 4.69) is 11.2 Å². The van der Waals surface area contributed by atoms with Crippen molar-refractivity contribution in [2.45, 2.75) is 25.2 Å². The number of hydrogen-bond acceptors (Lipinski definition) is 6. The molecule has 2 N–H and O–H groups in total. The van der Waals surface area contributed by atoms with Gasteiger partial charge in [0, 0.05) is 20.1 Å². The lowest BCUT2D eigenvalue weighted by Gasteiger charge is -2.54. The van der Waals surface area contributed by atoms with Crippen LogP contribution in [0.5, 0.6) is 0 Å². The van der Waals surface area contributed by atoms with Crippen molar-refractivity contribution >= 4 is 23.8 Å². The zero-order chi connectivity index (χ0) is 24.0. The highest BCUT2D eigenvalue weighted by atomic mass is 16.5. The number of carbonyl (C=O) groups is 4. The second-order valence-corrected chi connectivity index (χ2v) is 7.74. The number of carboxylic acids is 1. The molecule has 3 rings (SSSR count). The van der Waals surface area contributed by atoms with E-state index in [0.29, 0.717) is 0 Å². The first-order valence-corrected chi connectivity index (χ1v) is 10.5. The first kappa shape index (κ1) is 24.0. The number of nitrogens with one attached hydrogen (secondary N) is 1. The van der Waals surface area contributed by atoms with E-state index in [1.165, 1.54) is 19.8 Å². The maximum Gasteiger partial charge on any atom is 0.334 e. The van der Waals surface area contributed by atoms with Gasteiger partial charge in [0.15, 0.2) is 0 Å². The molecule has 4 amide bonds. The van der Waals surface area contributed by atoms with Crippen LogP contribution < -0.4 is 5.32 Å². The molecule has 2 aliphatic heterocycles. The Morgan fingerprint density at radius 3 is 2.67 bits per heavy atom. The minimum Gasteiger partial charge on any atom is -0.481 e. The summed E-state index contributed by atoms with van der Waals surface area (Å²) in [5, 5.41) is 15.0. The van der Waals surface area contributed by atoms with E-state index in [4.69, 9.17) is 11.2 Å². The number of likely N-dealkylation sites (N-methyl/N-ethyl adjacent to an activating group) is 1. The van der Waals surface area contributed by atoms with Crippen molar-refractivity contribution < 1.29 is 29.0 Å². The molecule has 11 nitrogen and oxygen atoms in total. The van der Waals surface area contributed by atoms with Crippen molar-refractivity contribution in [3.63, 3.8) is 0 Å². The molecule has 33 heavy (non-hydrogen) atoms. The highest BCUT2D eigenvalue weighted by molar-refractivity contribution is 5.93. The topological polar surface area (TPSA) is 123 Å². The Balaban J connectivity index is 1.82. The van der Waals surface area contributed by atoms with Crippen LogP contribution in [0, 0.1) is 12.3 Å². The van der Waals surface area contributed by atoms with Crippen molar-refractivity contribution in [2.24, 2.45) is 0 Å².